The Bertz CT molecular complexity index is 527. The highest BCUT2D eigenvalue weighted by atomic mass is 16.6. The van der Waals surface area contributed by atoms with Gasteiger partial charge in [-0.1, -0.05) is 0 Å². The highest BCUT2D eigenvalue weighted by Crippen LogP contribution is 2.24. The van der Waals surface area contributed by atoms with E-state index in [1.807, 2.05) is 0 Å². The molecule has 1 saturated heterocycles. The molecule has 1 aromatic rings. The van der Waals surface area contributed by atoms with Gasteiger partial charge in [0, 0.05) is 31.8 Å². The summed E-state index contributed by atoms with van der Waals surface area (Å²) in [5, 5.41) is 16.4. The van der Waals surface area contributed by atoms with E-state index in [2.05, 4.69) is 15.5 Å². The molecule has 0 radical (unpaired) electrons. The molecule has 0 aliphatic carbocycles. The molecule has 0 saturated carbocycles. The second kappa shape index (κ2) is 7.03. The van der Waals surface area contributed by atoms with E-state index in [1.165, 1.54) is 31.0 Å². The second-order valence-corrected chi connectivity index (χ2v) is 5.04. The van der Waals surface area contributed by atoms with Crippen LogP contribution >= 0.6 is 0 Å². The largest absolute Gasteiger partial charge is 0.383 e. The molecule has 0 aromatic heterocycles. The number of likely N-dealkylation sites (tertiary alicyclic amines) is 1. The number of nitro benzene ring substituents is 1. The fourth-order valence-electron chi connectivity index (χ4n) is 2.47. The van der Waals surface area contributed by atoms with Crippen molar-refractivity contribution >= 4 is 17.3 Å². The summed E-state index contributed by atoms with van der Waals surface area (Å²) in [6.45, 7) is 3.62. The average molecular weight is 292 g/mol. The lowest BCUT2D eigenvalue weighted by atomic mass is 10.1. The van der Waals surface area contributed by atoms with E-state index in [-0.39, 0.29) is 11.6 Å². The van der Waals surface area contributed by atoms with Crippen molar-refractivity contribution in [2.45, 2.75) is 12.8 Å². The molecule has 114 valence electrons. The van der Waals surface area contributed by atoms with Crippen molar-refractivity contribution in [3.05, 3.63) is 33.9 Å². The number of hydrogen-bond donors (Lipinski definition) is 2. The molecule has 0 unspecified atom stereocenters. The zero-order valence-electron chi connectivity index (χ0n) is 12.1. The van der Waals surface area contributed by atoms with Gasteiger partial charge >= 0.3 is 0 Å². The van der Waals surface area contributed by atoms with Gasteiger partial charge in [-0.2, -0.15) is 0 Å². The first-order valence-corrected chi connectivity index (χ1v) is 7.08. The molecule has 7 heteroatoms. The average Bonchev–Trinajstić information content (AvgIpc) is 2.99. The van der Waals surface area contributed by atoms with Crippen LogP contribution in [-0.2, 0) is 0 Å². The van der Waals surface area contributed by atoms with Gasteiger partial charge in [-0.15, -0.1) is 0 Å². The van der Waals surface area contributed by atoms with E-state index < -0.39 is 4.92 Å². The summed E-state index contributed by atoms with van der Waals surface area (Å²) < 4.78 is 0. The molecule has 21 heavy (non-hydrogen) atoms. The molecule has 0 bridgehead atoms. The summed E-state index contributed by atoms with van der Waals surface area (Å²) in [4.78, 5) is 24.7. The van der Waals surface area contributed by atoms with Gasteiger partial charge in [-0.3, -0.25) is 14.9 Å². The van der Waals surface area contributed by atoms with Gasteiger partial charge in [0.2, 0.25) is 0 Å². The Morgan fingerprint density at radius 2 is 2.10 bits per heavy atom. The van der Waals surface area contributed by atoms with Gasteiger partial charge < -0.3 is 15.5 Å². The summed E-state index contributed by atoms with van der Waals surface area (Å²) in [5.41, 5.74) is 0.727. The lowest BCUT2D eigenvalue weighted by molar-refractivity contribution is -0.383. The van der Waals surface area contributed by atoms with Gasteiger partial charge in [-0.05, 0) is 38.1 Å². The van der Waals surface area contributed by atoms with Gasteiger partial charge in [-0.25, -0.2) is 0 Å². The highest BCUT2D eigenvalue weighted by molar-refractivity contribution is 5.95. The predicted octanol–water partition coefficient (Wildman–Crippen LogP) is 1.46. The molecular weight excluding hydrogens is 272 g/mol. The van der Waals surface area contributed by atoms with Crippen molar-refractivity contribution in [2.75, 3.05) is 38.5 Å². The van der Waals surface area contributed by atoms with Gasteiger partial charge in [0.1, 0.15) is 5.69 Å². The van der Waals surface area contributed by atoms with Crippen molar-refractivity contribution in [1.29, 1.82) is 0 Å². The van der Waals surface area contributed by atoms with E-state index in [9.17, 15) is 14.9 Å². The minimum atomic E-state index is -0.471. The Kier molecular flexibility index (Phi) is 5.10. The first-order chi connectivity index (χ1) is 10.1. The molecule has 2 rings (SSSR count). The number of nitrogens with one attached hydrogen (secondary N) is 2. The van der Waals surface area contributed by atoms with Crippen molar-refractivity contribution in [3.63, 3.8) is 0 Å². The molecule has 1 heterocycles. The number of carbonyl (C=O) groups excluding carboxylic acids is 1. The molecule has 7 nitrogen and oxygen atoms in total. The molecular formula is C14H20N4O3. The highest BCUT2D eigenvalue weighted by Gasteiger charge is 2.16. The predicted molar refractivity (Wildman–Crippen MR) is 80.7 cm³/mol. The van der Waals surface area contributed by atoms with Crippen LogP contribution < -0.4 is 10.6 Å². The summed E-state index contributed by atoms with van der Waals surface area (Å²) in [6, 6.07) is 4.33. The lowest BCUT2D eigenvalue weighted by Gasteiger charge is -2.14. The van der Waals surface area contributed by atoms with Crippen LogP contribution in [0, 0.1) is 10.1 Å². The van der Waals surface area contributed by atoms with Crippen LogP contribution in [0.25, 0.3) is 0 Å². The number of amides is 1. The molecule has 2 N–H and O–H groups in total. The zero-order chi connectivity index (χ0) is 15.2. The fourth-order valence-corrected chi connectivity index (χ4v) is 2.47. The van der Waals surface area contributed by atoms with Crippen LogP contribution in [-0.4, -0.2) is 49.0 Å². The first kappa shape index (κ1) is 15.2. The number of hydrogen-bond acceptors (Lipinski definition) is 5. The van der Waals surface area contributed by atoms with Crippen LogP contribution in [0.15, 0.2) is 18.2 Å². The maximum atomic E-state index is 12.0. The van der Waals surface area contributed by atoms with Crippen LogP contribution in [0.1, 0.15) is 23.2 Å². The third-order valence-electron chi connectivity index (χ3n) is 3.64. The molecule has 1 amide bonds. The van der Waals surface area contributed by atoms with Crippen molar-refractivity contribution in [3.8, 4) is 0 Å². The first-order valence-electron chi connectivity index (χ1n) is 7.08. The number of benzene rings is 1. The number of anilines is 1. The summed E-state index contributed by atoms with van der Waals surface area (Å²) >= 11 is 0. The van der Waals surface area contributed by atoms with E-state index in [1.54, 1.807) is 7.05 Å². The summed E-state index contributed by atoms with van der Waals surface area (Å²) in [6.07, 6.45) is 2.45. The Morgan fingerprint density at radius 1 is 1.38 bits per heavy atom. The molecule has 1 fully saturated rings. The molecule has 0 atom stereocenters. The standard InChI is InChI=1S/C14H20N4O3/c1-15-12-10-11(4-5-13(12)18(20)21)14(19)16-6-9-17-7-2-3-8-17/h4-5,10,15H,2-3,6-9H2,1H3,(H,16,19). The molecule has 1 aromatic carbocycles. The topological polar surface area (TPSA) is 87.5 Å². The van der Waals surface area contributed by atoms with E-state index in [0.29, 0.717) is 17.8 Å². The SMILES string of the molecule is CNc1cc(C(=O)NCCN2CCCC2)ccc1[N+](=O)[O-]. The number of nitrogens with zero attached hydrogens (tertiary/aromatic N) is 2. The molecule has 1 aliphatic heterocycles. The quantitative estimate of drug-likeness (QED) is 0.612. The molecule has 0 spiro atoms. The minimum absolute atomic E-state index is 0.0360. The normalized spacial score (nSPS) is 14.9. The Hall–Kier alpha value is -2.15. The van der Waals surface area contributed by atoms with Crippen molar-refractivity contribution in [1.82, 2.24) is 10.2 Å². The van der Waals surface area contributed by atoms with Crippen LogP contribution in [0.2, 0.25) is 0 Å². The Balaban J connectivity index is 1.93. The third kappa shape index (κ3) is 3.91. The number of rotatable bonds is 6. The maximum Gasteiger partial charge on any atom is 0.292 e. The Labute approximate surface area is 123 Å². The van der Waals surface area contributed by atoms with E-state index >= 15 is 0 Å². The van der Waals surface area contributed by atoms with Crippen LogP contribution in [0.4, 0.5) is 11.4 Å². The van der Waals surface area contributed by atoms with Crippen LogP contribution in [0.3, 0.4) is 0 Å². The smallest absolute Gasteiger partial charge is 0.292 e. The number of nitro groups is 1. The zero-order valence-corrected chi connectivity index (χ0v) is 12.1. The maximum absolute atomic E-state index is 12.0. The van der Waals surface area contributed by atoms with E-state index in [0.717, 1.165) is 19.6 Å². The minimum Gasteiger partial charge on any atom is -0.383 e. The monoisotopic (exact) mass is 292 g/mol. The Morgan fingerprint density at radius 3 is 2.71 bits per heavy atom. The van der Waals surface area contributed by atoms with Gasteiger partial charge in [0.25, 0.3) is 11.6 Å². The van der Waals surface area contributed by atoms with Gasteiger partial charge in [0.05, 0.1) is 4.92 Å². The van der Waals surface area contributed by atoms with E-state index in [4.69, 9.17) is 0 Å². The number of carbonyl (C=O) groups is 1. The summed E-state index contributed by atoms with van der Waals surface area (Å²) in [7, 11) is 1.59. The lowest BCUT2D eigenvalue weighted by Crippen LogP contribution is -2.33. The third-order valence-corrected chi connectivity index (χ3v) is 3.64. The fraction of sp³-hybridized carbons (Fsp3) is 0.500. The second-order valence-electron chi connectivity index (χ2n) is 5.04. The van der Waals surface area contributed by atoms with Crippen molar-refractivity contribution in [2.24, 2.45) is 0 Å². The van der Waals surface area contributed by atoms with Crippen LogP contribution in [0.5, 0.6) is 0 Å². The van der Waals surface area contributed by atoms with Crippen molar-refractivity contribution < 1.29 is 9.72 Å². The van der Waals surface area contributed by atoms with Gasteiger partial charge in [0.15, 0.2) is 0 Å². The summed E-state index contributed by atoms with van der Waals surface area (Å²) in [5.74, 6) is -0.208. The molecule has 1 aliphatic rings.